The molecule has 0 heterocycles. The molecule has 0 aromatic rings. The van der Waals surface area contributed by atoms with Crippen molar-refractivity contribution in [3.63, 3.8) is 0 Å². The summed E-state index contributed by atoms with van der Waals surface area (Å²) >= 11 is 0. The SMILES string of the molecule is CC(NCCCCC/C=C(\NC(=O)C1CC1(C)C)C(=O)O)P(=O)(O)O. The topological polar surface area (TPSA) is 136 Å². The highest BCUT2D eigenvalue weighted by Crippen LogP contribution is 2.51. The van der Waals surface area contributed by atoms with Gasteiger partial charge in [-0.2, -0.15) is 0 Å². The number of carboxylic acid groups (broad SMARTS) is 1. The van der Waals surface area contributed by atoms with Crippen molar-refractivity contribution in [2.24, 2.45) is 11.3 Å². The summed E-state index contributed by atoms with van der Waals surface area (Å²) in [6.45, 7) is 5.87. The van der Waals surface area contributed by atoms with Crippen molar-refractivity contribution >= 4 is 19.5 Å². The lowest BCUT2D eigenvalue weighted by Gasteiger charge is -2.14. The molecule has 0 aliphatic heterocycles. The molecule has 1 rings (SSSR count). The van der Waals surface area contributed by atoms with Gasteiger partial charge in [0, 0.05) is 5.92 Å². The highest BCUT2D eigenvalue weighted by Gasteiger charge is 2.50. The van der Waals surface area contributed by atoms with E-state index in [1.807, 2.05) is 13.8 Å². The van der Waals surface area contributed by atoms with E-state index >= 15 is 0 Å². The van der Waals surface area contributed by atoms with Gasteiger partial charge in [0.2, 0.25) is 5.91 Å². The molecule has 0 aromatic heterocycles. The number of aliphatic carboxylic acids is 1. The third-order valence-corrected chi connectivity index (χ3v) is 5.68. The molecule has 8 nitrogen and oxygen atoms in total. The van der Waals surface area contributed by atoms with Crippen molar-refractivity contribution in [3.8, 4) is 0 Å². The van der Waals surface area contributed by atoms with Gasteiger partial charge in [-0.3, -0.25) is 9.36 Å². The van der Waals surface area contributed by atoms with E-state index < -0.39 is 19.3 Å². The molecule has 0 bridgehead atoms. The van der Waals surface area contributed by atoms with Gasteiger partial charge in [0.05, 0.1) is 0 Å². The minimum absolute atomic E-state index is 0.0507. The number of unbranched alkanes of at least 4 members (excludes halogenated alkanes) is 3. The Kier molecular flexibility index (Phi) is 7.81. The van der Waals surface area contributed by atoms with Gasteiger partial charge in [0.1, 0.15) is 11.5 Å². The first-order valence-electron chi connectivity index (χ1n) is 8.48. The monoisotopic (exact) mass is 376 g/mol. The Hall–Kier alpha value is -1.21. The van der Waals surface area contributed by atoms with Crippen LogP contribution in [0.1, 0.15) is 52.9 Å². The maximum Gasteiger partial charge on any atom is 0.352 e. The van der Waals surface area contributed by atoms with Crippen LogP contribution >= 0.6 is 7.60 Å². The molecule has 0 radical (unpaired) electrons. The number of hydrogen-bond donors (Lipinski definition) is 5. The van der Waals surface area contributed by atoms with Crippen LogP contribution < -0.4 is 10.6 Å². The number of hydrogen-bond acceptors (Lipinski definition) is 4. The predicted octanol–water partition coefficient (Wildman–Crippen LogP) is 1.79. The largest absolute Gasteiger partial charge is 0.477 e. The summed E-state index contributed by atoms with van der Waals surface area (Å²) in [4.78, 5) is 41.1. The molecule has 1 amide bonds. The maximum absolute atomic E-state index is 12.0. The minimum atomic E-state index is -4.09. The molecule has 25 heavy (non-hydrogen) atoms. The average Bonchev–Trinajstić information content (AvgIpc) is 3.12. The summed E-state index contributed by atoms with van der Waals surface area (Å²) in [5.41, 5.74) is -0.133. The minimum Gasteiger partial charge on any atom is -0.477 e. The van der Waals surface area contributed by atoms with Crippen LogP contribution in [0.4, 0.5) is 0 Å². The first-order chi connectivity index (χ1) is 11.4. The van der Waals surface area contributed by atoms with Crippen LogP contribution in [0.5, 0.6) is 0 Å². The van der Waals surface area contributed by atoms with Gasteiger partial charge in [-0.05, 0) is 44.6 Å². The summed E-state index contributed by atoms with van der Waals surface area (Å²) in [7, 11) is -4.09. The average molecular weight is 376 g/mol. The van der Waals surface area contributed by atoms with Crippen LogP contribution in [0.3, 0.4) is 0 Å². The van der Waals surface area contributed by atoms with Crippen LogP contribution in [0.2, 0.25) is 0 Å². The van der Waals surface area contributed by atoms with Crippen molar-refractivity contribution in [2.75, 3.05) is 6.54 Å². The second kappa shape index (κ2) is 8.94. The summed E-state index contributed by atoms with van der Waals surface area (Å²) in [5.74, 6) is -2.39. The molecule has 1 aliphatic carbocycles. The van der Waals surface area contributed by atoms with Gasteiger partial charge in [-0.25, -0.2) is 4.79 Å². The number of carbonyl (C=O) groups is 2. The fourth-order valence-corrected chi connectivity index (χ4v) is 2.82. The molecule has 1 aliphatic rings. The Balaban J connectivity index is 2.26. The lowest BCUT2D eigenvalue weighted by molar-refractivity contribution is -0.135. The fraction of sp³-hybridized carbons (Fsp3) is 0.750. The fourth-order valence-electron chi connectivity index (χ4n) is 2.45. The van der Waals surface area contributed by atoms with Gasteiger partial charge < -0.3 is 25.5 Å². The predicted molar refractivity (Wildman–Crippen MR) is 93.7 cm³/mol. The molecule has 2 atom stereocenters. The van der Waals surface area contributed by atoms with Crippen molar-refractivity contribution in [1.82, 2.24) is 10.6 Å². The van der Waals surface area contributed by atoms with E-state index in [-0.39, 0.29) is 22.9 Å². The molecule has 1 saturated carbocycles. The van der Waals surface area contributed by atoms with Crippen LogP contribution in [-0.4, -0.2) is 39.1 Å². The van der Waals surface area contributed by atoms with Gasteiger partial charge in [-0.1, -0.05) is 26.3 Å². The summed E-state index contributed by atoms with van der Waals surface area (Å²) in [5, 5.41) is 14.4. The van der Waals surface area contributed by atoms with Crippen LogP contribution in [0.15, 0.2) is 11.8 Å². The molecular weight excluding hydrogens is 347 g/mol. The maximum atomic E-state index is 12.0. The van der Waals surface area contributed by atoms with Crippen LogP contribution in [0.25, 0.3) is 0 Å². The quantitative estimate of drug-likeness (QED) is 0.211. The highest BCUT2D eigenvalue weighted by atomic mass is 31.2. The number of allylic oxidation sites excluding steroid dienone is 1. The van der Waals surface area contributed by atoms with Crippen molar-refractivity contribution < 1.29 is 29.0 Å². The Morgan fingerprint density at radius 1 is 1.28 bits per heavy atom. The molecule has 5 N–H and O–H groups in total. The highest BCUT2D eigenvalue weighted by molar-refractivity contribution is 7.52. The number of rotatable bonds is 11. The number of carbonyl (C=O) groups excluding carboxylic acids is 1. The Labute approximate surface area is 148 Å². The number of amides is 1. The van der Waals surface area contributed by atoms with Crippen molar-refractivity contribution in [1.29, 1.82) is 0 Å². The molecule has 0 aromatic carbocycles. The zero-order valence-electron chi connectivity index (χ0n) is 15.0. The van der Waals surface area contributed by atoms with Crippen LogP contribution in [-0.2, 0) is 14.2 Å². The smallest absolute Gasteiger partial charge is 0.352 e. The molecule has 2 unspecified atom stereocenters. The van der Waals surface area contributed by atoms with Crippen molar-refractivity contribution in [2.45, 2.75) is 58.7 Å². The molecule has 9 heteroatoms. The van der Waals surface area contributed by atoms with E-state index in [0.29, 0.717) is 13.0 Å². The van der Waals surface area contributed by atoms with Gasteiger partial charge in [-0.15, -0.1) is 0 Å². The van der Waals surface area contributed by atoms with Crippen molar-refractivity contribution in [3.05, 3.63) is 11.8 Å². The van der Waals surface area contributed by atoms with Gasteiger partial charge in [0.15, 0.2) is 0 Å². The summed E-state index contributed by atoms with van der Waals surface area (Å²) in [6, 6.07) is 0. The Morgan fingerprint density at radius 2 is 1.88 bits per heavy atom. The molecule has 144 valence electrons. The Morgan fingerprint density at radius 3 is 2.36 bits per heavy atom. The van der Waals surface area contributed by atoms with Gasteiger partial charge in [0.25, 0.3) is 0 Å². The second-order valence-electron chi connectivity index (χ2n) is 7.23. The second-order valence-corrected chi connectivity index (χ2v) is 9.18. The molecule has 1 fully saturated rings. The summed E-state index contributed by atoms with van der Waals surface area (Å²) < 4.78 is 11.0. The number of nitrogens with one attached hydrogen (secondary N) is 2. The van der Waals surface area contributed by atoms with E-state index in [1.54, 1.807) is 0 Å². The third kappa shape index (κ3) is 7.69. The molecule has 0 saturated heterocycles. The lowest BCUT2D eigenvalue weighted by Crippen LogP contribution is -2.29. The first kappa shape index (κ1) is 21.8. The standard InChI is InChI=1S/C16H29N2O6P/c1-11(25(22,23)24)17-9-7-5-4-6-8-13(15(20)21)18-14(19)12-10-16(12,2)3/h8,11-12,17H,4-7,9-10H2,1-3H3,(H,18,19)(H,20,21)(H2,22,23,24)/b13-8-. The zero-order chi connectivity index (χ0) is 19.3. The Bertz CT molecular complexity index is 569. The van der Waals surface area contributed by atoms with E-state index in [0.717, 1.165) is 25.7 Å². The normalized spacial score (nSPS) is 20.8. The lowest BCUT2D eigenvalue weighted by atomic mass is 10.1. The molecular formula is C16H29N2O6P. The zero-order valence-corrected chi connectivity index (χ0v) is 15.9. The molecule has 0 spiro atoms. The van der Waals surface area contributed by atoms with Gasteiger partial charge >= 0.3 is 13.6 Å². The summed E-state index contributed by atoms with van der Waals surface area (Å²) in [6.07, 6.45) is 5.04. The van der Waals surface area contributed by atoms with E-state index in [1.165, 1.54) is 13.0 Å². The van der Waals surface area contributed by atoms with E-state index in [9.17, 15) is 14.2 Å². The third-order valence-electron chi connectivity index (χ3n) is 4.49. The van der Waals surface area contributed by atoms with E-state index in [4.69, 9.17) is 14.9 Å². The first-order valence-corrected chi connectivity index (χ1v) is 10.2. The van der Waals surface area contributed by atoms with Crippen LogP contribution in [0, 0.1) is 11.3 Å². The van der Waals surface area contributed by atoms with E-state index in [2.05, 4.69) is 10.6 Å². The number of carboxylic acids is 1.